The second-order valence-corrected chi connectivity index (χ2v) is 4.77. The molecule has 0 rings (SSSR count). The van der Waals surface area contributed by atoms with Crippen LogP contribution in [0.3, 0.4) is 0 Å². The lowest BCUT2D eigenvalue weighted by Gasteiger charge is -2.32. The predicted molar refractivity (Wildman–Crippen MR) is 71.6 cm³/mol. The molecule has 5 heteroatoms. The highest BCUT2D eigenvalue weighted by Gasteiger charge is 2.37. The number of carbonyl (C=O) groups excluding carboxylic acids is 1. The predicted octanol–water partition coefficient (Wildman–Crippen LogP) is 2.46. The van der Waals surface area contributed by atoms with Crippen molar-refractivity contribution in [1.82, 2.24) is 10.2 Å². The molecule has 0 bridgehead atoms. The Bertz CT molecular complexity index is 288. The summed E-state index contributed by atoms with van der Waals surface area (Å²) in [5, 5.41) is 11.9. The number of carbonyl (C=O) groups is 2. The van der Waals surface area contributed by atoms with Gasteiger partial charge in [0.05, 0.1) is 0 Å². The molecular weight excluding hydrogens is 232 g/mol. The number of nitrogens with one attached hydrogen (secondary N) is 1. The zero-order valence-corrected chi connectivity index (χ0v) is 12.1. The van der Waals surface area contributed by atoms with Crippen molar-refractivity contribution in [2.45, 2.75) is 65.0 Å². The number of hydrogen-bond acceptors (Lipinski definition) is 2. The SMILES string of the molecule is CCCC(C)N(C)C(=O)NC(CC)(CC)C(=O)O. The third-order valence-electron chi connectivity index (χ3n) is 3.65. The molecule has 2 amide bonds. The van der Waals surface area contributed by atoms with Crippen molar-refractivity contribution in [1.29, 1.82) is 0 Å². The Morgan fingerprint density at radius 1 is 1.28 bits per heavy atom. The normalized spacial score (nSPS) is 12.9. The van der Waals surface area contributed by atoms with Gasteiger partial charge in [-0.25, -0.2) is 9.59 Å². The molecule has 0 aliphatic carbocycles. The number of aliphatic carboxylic acids is 1. The van der Waals surface area contributed by atoms with Crippen LogP contribution in [0.1, 0.15) is 53.4 Å². The van der Waals surface area contributed by atoms with Crippen molar-refractivity contribution in [2.24, 2.45) is 0 Å². The summed E-state index contributed by atoms with van der Waals surface area (Å²) in [6.45, 7) is 7.56. The van der Waals surface area contributed by atoms with Gasteiger partial charge in [0.1, 0.15) is 5.54 Å². The summed E-state index contributed by atoms with van der Waals surface area (Å²) in [5.41, 5.74) is -1.16. The largest absolute Gasteiger partial charge is 0.480 e. The average molecular weight is 258 g/mol. The number of nitrogens with zero attached hydrogens (tertiary/aromatic N) is 1. The number of carboxylic acids is 1. The zero-order chi connectivity index (χ0) is 14.3. The van der Waals surface area contributed by atoms with E-state index >= 15 is 0 Å². The Morgan fingerprint density at radius 3 is 2.11 bits per heavy atom. The first kappa shape index (κ1) is 16.7. The van der Waals surface area contributed by atoms with Crippen molar-refractivity contribution in [2.75, 3.05) is 7.05 Å². The van der Waals surface area contributed by atoms with Gasteiger partial charge in [-0.3, -0.25) is 0 Å². The molecule has 18 heavy (non-hydrogen) atoms. The minimum Gasteiger partial charge on any atom is -0.480 e. The van der Waals surface area contributed by atoms with Crippen LogP contribution in [0, 0.1) is 0 Å². The second kappa shape index (κ2) is 7.24. The van der Waals surface area contributed by atoms with E-state index in [0.29, 0.717) is 12.8 Å². The monoisotopic (exact) mass is 258 g/mol. The average Bonchev–Trinajstić information content (AvgIpc) is 2.34. The van der Waals surface area contributed by atoms with E-state index in [2.05, 4.69) is 12.2 Å². The Morgan fingerprint density at radius 2 is 1.78 bits per heavy atom. The molecule has 0 aromatic rings. The van der Waals surface area contributed by atoms with Crippen LogP contribution in [0.15, 0.2) is 0 Å². The van der Waals surface area contributed by atoms with Crippen molar-refractivity contribution < 1.29 is 14.7 Å². The van der Waals surface area contributed by atoms with Gasteiger partial charge in [0.2, 0.25) is 0 Å². The van der Waals surface area contributed by atoms with Gasteiger partial charge in [0, 0.05) is 13.1 Å². The molecule has 0 saturated carbocycles. The Hall–Kier alpha value is -1.26. The Labute approximate surface area is 110 Å². The second-order valence-electron chi connectivity index (χ2n) is 4.77. The summed E-state index contributed by atoms with van der Waals surface area (Å²) in [6, 6.07) is -0.211. The van der Waals surface area contributed by atoms with Crippen LogP contribution in [-0.4, -0.2) is 40.6 Å². The molecule has 0 radical (unpaired) electrons. The summed E-state index contributed by atoms with van der Waals surface area (Å²) >= 11 is 0. The maximum atomic E-state index is 12.0. The highest BCUT2D eigenvalue weighted by molar-refractivity contribution is 5.86. The first-order chi connectivity index (χ1) is 8.34. The topological polar surface area (TPSA) is 69.6 Å². The molecule has 0 aliphatic heterocycles. The molecule has 0 aromatic heterocycles. The molecule has 0 spiro atoms. The number of urea groups is 1. The van der Waals surface area contributed by atoms with Crippen molar-refractivity contribution in [3.8, 4) is 0 Å². The van der Waals surface area contributed by atoms with Crippen molar-refractivity contribution >= 4 is 12.0 Å². The lowest BCUT2D eigenvalue weighted by molar-refractivity contribution is -0.144. The van der Waals surface area contributed by atoms with E-state index in [1.54, 1.807) is 25.8 Å². The van der Waals surface area contributed by atoms with Gasteiger partial charge in [-0.05, 0) is 26.2 Å². The van der Waals surface area contributed by atoms with Crippen LogP contribution in [0.4, 0.5) is 4.79 Å². The summed E-state index contributed by atoms with van der Waals surface area (Å²) < 4.78 is 0. The standard InChI is InChI=1S/C13H26N2O3/c1-6-9-10(4)15(5)12(18)14-13(7-2,8-3)11(16)17/h10H,6-9H2,1-5H3,(H,14,18)(H,16,17). The fraction of sp³-hybridized carbons (Fsp3) is 0.846. The molecule has 0 saturated heterocycles. The molecule has 0 heterocycles. The molecular formula is C13H26N2O3. The minimum absolute atomic E-state index is 0.107. The van der Waals surface area contributed by atoms with Crippen LogP contribution in [0.2, 0.25) is 0 Å². The molecule has 2 N–H and O–H groups in total. The van der Waals surface area contributed by atoms with E-state index in [-0.39, 0.29) is 12.1 Å². The van der Waals surface area contributed by atoms with Crippen LogP contribution in [0.25, 0.3) is 0 Å². The summed E-state index contributed by atoms with van der Waals surface area (Å²) in [5.74, 6) is -0.975. The molecule has 106 valence electrons. The van der Waals surface area contributed by atoms with Crippen LogP contribution in [-0.2, 0) is 4.79 Å². The van der Waals surface area contributed by atoms with E-state index in [1.165, 1.54) is 0 Å². The van der Waals surface area contributed by atoms with Crippen LogP contribution >= 0.6 is 0 Å². The molecule has 0 aromatic carbocycles. The number of hydrogen-bond donors (Lipinski definition) is 2. The van der Waals surface area contributed by atoms with Gasteiger partial charge in [-0.2, -0.15) is 0 Å². The van der Waals surface area contributed by atoms with Gasteiger partial charge >= 0.3 is 12.0 Å². The molecule has 1 unspecified atom stereocenters. The van der Waals surface area contributed by atoms with Crippen molar-refractivity contribution in [3.05, 3.63) is 0 Å². The lowest BCUT2D eigenvalue weighted by Crippen LogP contribution is -2.57. The first-order valence-electron chi connectivity index (χ1n) is 6.62. The molecule has 0 aliphatic rings. The van der Waals surface area contributed by atoms with Gasteiger partial charge in [-0.15, -0.1) is 0 Å². The third kappa shape index (κ3) is 3.89. The van der Waals surface area contributed by atoms with Gasteiger partial charge in [-0.1, -0.05) is 27.2 Å². The lowest BCUT2D eigenvalue weighted by atomic mass is 9.93. The van der Waals surface area contributed by atoms with E-state index in [9.17, 15) is 14.7 Å². The fourth-order valence-corrected chi connectivity index (χ4v) is 1.89. The highest BCUT2D eigenvalue weighted by atomic mass is 16.4. The van der Waals surface area contributed by atoms with Gasteiger partial charge < -0.3 is 15.3 Å². The number of carboxylic acid groups (broad SMARTS) is 1. The quantitative estimate of drug-likeness (QED) is 0.737. The molecule has 0 fully saturated rings. The van der Waals surface area contributed by atoms with E-state index in [1.807, 2.05) is 6.92 Å². The van der Waals surface area contributed by atoms with E-state index < -0.39 is 11.5 Å². The smallest absolute Gasteiger partial charge is 0.329 e. The highest BCUT2D eigenvalue weighted by Crippen LogP contribution is 2.16. The molecule has 5 nitrogen and oxygen atoms in total. The maximum Gasteiger partial charge on any atom is 0.329 e. The number of rotatable bonds is 7. The van der Waals surface area contributed by atoms with E-state index in [4.69, 9.17) is 0 Å². The van der Waals surface area contributed by atoms with Gasteiger partial charge in [0.25, 0.3) is 0 Å². The van der Waals surface area contributed by atoms with Crippen molar-refractivity contribution in [3.63, 3.8) is 0 Å². The molecule has 1 atom stereocenters. The Kier molecular flexibility index (Phi) is 6.73. The summed E-state index contributed by atoms with van der Waals surface area (Å²) in [7, 11) is 1.70. The first-order valence-corrected chi connectivity index (χ1v) is 6.62. The van der Waals surface area contributed by atoms with Crippen LogP contribution in [0.5, 0.6) is 0 Å². The zero-order valence-electron chi connectivity index (χ0n) is 12.1. The van der Waals surface area contributed by atoms with Gasteiger partial charge in [0.15, 0.2) is 0 Å². The van der Waals surface area contributed by atoms with Crippen LogP contribution < -0.4 is 5.32 Å². The minimum atomic E-state index is -1.16. The fourth-order valence-electron chi connectivity index (χ4n) is 1.89. The number of amides is 2. The Balaban J connectivity index is 4.75. The summed E-state index contributed by atoms with van der Waals surface area (Å²) in [4.78, 5) is 24.9. The third-order valence-corrected chi connectivity index (χ3v) is 3.65. The maximum absolute atomic E-state index is 12.0. The summed E-state index contributed by atoms with van der Waals surface area (Å²) in [6.07, 6.45) is 2.65. The van der Waals surface area contributed by atoms with E-state index in [0.717, 1.165) is 12.8 Å².